The van der Waals surface area contributed by atoms with Gasteiger partial charge in [0, 0.05) is 18.2 Å². The maximum atomic E-state index is 12.9. The number of hydrogen-bond donors (Lipinski definition) is 0. The van der Waals surface area contributed by atoms with Crippen molar-refractivity contribution in [3.8, 4) is 23.0 Å². The second-order valence-corrected chi connectivity index (χ2v) is 7.19. The van der Waals surface area contributed by atoms with Crippen molar-refractivity contribution in [2.24, 2.45) is 0 Å². The highest BCUT2D eigenvalue weighted by atomic mass is 16.5. The normalized spacial score (nSPS) is 19.6. The van der Waals surface area contributed by atoms with Gasteiger partial charge in [-0.25, -0.2) is 0 Å². The molecule has 0 saturated heterocycles. The Morgan fingerprint density at radius 1 is 1.14 bits per heavy atom. The zero-order chi connectivity index (χ0) is 19.3. The monoisotopic (exact) mass is 379 g/mol. The van der Waals surface area contributed by atoms with E-state index >= 15 is 0 Å². The summed E-state index contributed by atoms with van der Waals surface area (Å²) in [6, 6.07) is 9.76. The summed E-state index contributed by atoms with van der Waals surface area (Å²) in [5.41, 5.74) is 2.25. The van der Waals surface area contributed by atoms with Gasteiger partial charge in [0.15, 0.2) is 17.3 Å². The summed E-state index contributed by atoms with van der Waals surface area (Å²) in [7, 11) is 3.16. The molecule has 5 rings (SSSR count). The van der Waals surface area contributed by atoms with E-state index in [1.54, 1.807) is 26.4 Å². The second kappa shape index (κ2) is 6.56. The van der Waals surface area contributed by atoms with Gasteiger partial charge < -0.3 is 18.9 Å². The minimum absolute atomic E-state index is 0.133. The summed E-state index contributed by atoms with van der Waals surface area (Å²) in [5.74, 6) is 2.72. The van der Waals surface area contributed by atoms with Crippen molar-refractivity contribution in [3.63, 3.8) is 0 Å². The number of allylic oxidation sites excluding steroid dienone is 1. The van der Waals surface area contributed by atoms with Crippen LogP contribution < -0.4 is 18.9 Å². The first-order valence-electron chi connectivity index (χ1n) is 9.37. The van der Waals surface area contributed by atoms with E-state index in [9.17, 15) is 4.79 Å². The molecule has 2 aromatic rings. The number of carbonyl (C=O) groups is 1. The van der Waals surface area contributed by atoms with Gasteiger partial charge in [0.25, 0.3) is 0 Å². The highest BCUT2D eigenvalue weighted by Crippen LogP contribution is 2.44. The number of rotatable bonds is 4. The minimum Gasteiger partial charge on any atom is -0.493 e. The summed E-state index contributed by atoms with van der Waals surface area (Å²) < 4.78 is 22.8. The van der Waals surface area contributed by atoms with Crippen LogP contribution >= 0.6 is 0 Å². The average molecular weight is 379 g/mol. The lowest BCUT2D eigenvalue weighted by atomic mass is 10.0. The molecule has 1 aliphatic carbocycles. The summed E-state index contributed by atoms with van der Waals surface area (Å²) in [5, 5.41) is 0. The molecule has 144 valence electrons. The van der Waals surface area contributed by atoms with Crippen molar-refractivity contribution < 1.29 is 23.7 Å². The number of para-hydroxylation sites is 1. The number of Topliss-reactive ketones (excluding diaryl/α,β-unsaturated/α-hetero) is 1. The minimum atomic E-state index is -0.133. The van der Waals surface area contributed by atoms with Crippen molar-refractivity contribution in [1.82, 2.24) is 4.90 Å². The zero-order valence-corrected chi connectivity index (χ0v) is 15.9. The third-order valence-electron chi connectivity index (χ3n) is 5.43. The first-order valence-corrected chi connectivity index (χ1v) is 9.37. The molecule has 0 spiro atoms. The van der Waals surface area contributed by atoms with E-state index in [1.807, 2.05) is 24.3 Å². The second-order valence-electron chi connectivity index (χ2n) is 7.19. The number of nitrogens with zero attached hydrogens (tertiary/aromatic N) is 1. The summed E-state index contributed by atoms with van der Waals surface area (Å²) in [6.07, 6.45) is 4.11. The molecule has 2 heterocycles. The number of fused-ring (bicyclic) bond motifs is 3. The van der Waals surface area contributed by atoms with Crippen LogP contribution in [-0.2, 0) is 6.54 Å². The lowest BCUT2D eigenvalue weighted by Gasteiger charge is -2.29. The van der Waals surface area contributed by atoms with Crippen LogP contribution in [0.1, 0.15) is 34.3 Å². The van der Waals surface area contributed by atoms with E-state index in [0.29, 0.717) is 35.6 Å². The van der Waals surface area contributed by atoms with Gasteiger partial charge in [-0.05, 0) is 37.1 Å². The molecular weight excluding hydrogens is 358 g/mol. The van der Waals surface area contributed by atoms with Crippen LogP contribution in [0.15, 0.2) is 36.1 Å². The number of ether oxygens (including phenoxy) is 4. The van der Waals surface area contributed by atoms with E-state index in [4.69, 9.17) is 18.9 Å². The van der Waals surface area contributed by atoms with Crippen molar-refractivity contribution in [3.05, 3.63) is 52.8 Å². The maximum absolute atomic E-state index is 12.9. The molecule has 0 unspecified atom stereocenters. The Kier molecular flexibility index (Phi) is 4.02. The van der Waals surface area contributed by atoms with Crippen LogP contribution in [0.2, 0.25) is 0 Å². The molecule has 28 heavy (non-hydrogen) atoms. The fraction of sp³-hybridized carbons (Fsp3) is 0.318. The molecule has 0 bridgehead atoms. The average Bonchev–Trinajstić information content (AvgIpc) is 3.53. The Morgan fingerprint density at radius 2 is 2.00 bits per heavy atom. The van der Waals surface area contributed by atoms with Crippen LogP contribution in [0.5, 0.6) is 23.0 Å². The van der Waals surface area contributed by atoms with Crippen LogP contribution in [0.4, 0.5) is 0 Å². The molecule has 0 aromatic heterocycles. The van der Waals surface area contributed by atoms with Gasteiger partial charge in [-0.3, -0.25) is 9.69 Å². The summed E-state index contributed by atoms with van der Waals surface area (Å²) >= 11 is 0. The molecule has 2 aliphatic heterocycles. The molecule has 0 atom stereocenters. The topological polar surface area (TPSA) is 57.2 Å². The molecule has 6 nitrogen and oxygen atoms in total. The Bertz CT molecular complexity index is 993. The van der Waals surface area contributed by atoms with Gasteiger partial charge in [0.2, 0.25) is 5.78 Å². The smallest absolute Gasteiger partial charge is 0.231 e. The lowest BCUT2D eigenvalue weighted by Crippen LogP contribution is -2.33. The first-order chi connectivity index (χ1) is 13.7. The third-order valence-corrected chi connectivity index (χ3v) is 5.43. The van der Waals surface area contributed by atoms with Crippen LogP contribution in [0.25, 0.3) is 6.08 Å². The molecule has 0 radical (unpaired) electrons. The van der Waals surface area contributed by atoms with E-state index in [-0.39, 0.29) is 11.5 Å². The predicted octanol–water partition coefficient (Wildman–Crippen LogP) is 3.63. The van der Waals surface area contributed by atoms with Crippen LogP contribution in [0, 0.1) is 0 Å². The van der Waals surface area contributed by atoms with Gasteiger partial charge in [0.1, 0.15) is 18.2 Å². The Morgan fingerprint density at radius 3 is 2.75 bits per heavy atom. The van der Waals surface area contributed by atoms with Crippen LogP contribution in [0.3, 0.4) is 0 Å². The summed E-state index contributed by atoms with van der Waals surface area (Å²) in [6.45, 7) is 1.33. The molecular formula is C22H21NO5. The zero-order valence-electron chi connectivity index (χ0n) is 15.9. The number of hydrogen-bond acceptors (Lipinski definition) is 6. The largest absolute Gasteiger partial charge is 0.493 e. The number of benzene rings is 2. The number of ketones is 1. The van der Waals surface area contributed by atoms with Crippen molar-refractivity contribution in [1.29, 1.82) is 0 Å². The number of carbonyl (C=O) groups excluding carboxylic acids is 1. The van der Waals surface area contributed by atoms with Crippen molar-refractivity contribution in [2.45, 2.75) is 25.4 Å². The maximum Gasteiger partial charge on any atom is 0.231 e. The molecule has 6 heteroatoms. The predicted molar refractivity (Wildman–Crippen MR) is 103 cm³/mol. The van der Waals surface area contributed by atoms with E-state index in [2.05, 4.69) is 4.90 Å². The highest BCUT2D eigenvalue weighted by Gasteiger charge is 2.37. The molecule has 0 N–H and O–H groups in total. The van der Waals surface area contributed by atoms with Gasteiger partial charge in [0.05, 0.1) is 25.3 Å². The first kappa shape index (κ1) is 17.1. The van der Waals surface area contributed by atoms with Crippen molar-refractivity contribution >= 4 is 11.9 Å². The van der Waals surface area contributed by atoms with Gasteiger partial charge in [-0.15, -0.1) is 0 Å². The van der Waals surface area contributed by atoms with Gasteiger partial charge >= 0.3 is 0 Å². The highest BCUT2D eigenvalue weighted by molar-refractivity contribution is 6.15. The Labute approximate surface area is 163 Å². The van der Waals surface area contributed by atoms with E-state index in [1.165, 1.54) is 12.8 Å². The SMILES string of the molecule is COc1cccc(C=C2Oc3c(ccc4c3CN(C3CC3)CO4)C2=O)c1OC. The molecule has 1 saturated carbocycles. The fourth-order valence-corrected chi connectivity index (χ4v) is 3.82. The molecule has 1 fully saturated rings. The standard InChI is InChI=1S/C22H21NO5/c1-25-18-5-3-4-13(21(18)26-2)10-19-20(24)15-8-9-17-16(22(15)28-19)11-23(12-27-17)14-6-7-14/h3-5,8-10,14H,6-7,11-12H2,1-2H3. The quantitative estimate of drug-likeness (QED) is 0.756. The van der Waals surface area contributed by atoms with Gasteiger partial charge in [-0.1, -0.05) is 12.1 Å². The Balaban J connectivity index is 1.52. The van der Waals surface area contributed by atoms with Crippen molar-refractivity contribution in [2.75, 3.05) is 21.0 Å². The van der Waals surface area contributed by atoms with Gasteiger partial charge in [-0.2, -0.15) is 0 Å². The third kappa shape index (κ3) is 2.72. The number of methoxy groups -OCH3 is 2. The fourth-order valence-electron chi connectivity index (χ4n) is 3.82. The lowest BCUT2D eigenvalue weighted by molar-refractivity contribution is 0.0868. The molecule has 0 amide bonds. The molecule has 3 aliphatic rings. The Hall–Kier alpha value is -2.99. The van der Waals surface area contributed by atoms with Crippen LogP contribution in [-0.4, -0.2) is 37.7 Å². The van der Waals surface area contributed by atoms with E-state index in [0.717, 1.165) is 23.4 Å². The molecule has 2 aromatic carbocycles. The van der Waals surface area contributed by atoms with E-state index < -0.39 is 0 Å². The summed E-state index contributed by atoms with van der Waals surface area (Å²) in [4.78, 5) is 15.2.